The van der Waals surface area contributed by atoms with Crippen LogP contribution in [0.3, 0.4) is 0 Å². The maximum absolute atomic E-state index is 4.90. The molecule has 0 spiro atoms. The van der Waals surface area contributed by atoms with Crippen molar-refractivity contribution in [3.63, 3.8) is 0 Å². The Bertz CT molecular complexity index is 107. The molecule has 0 radical (unpaired) electrons. The summed E-state index contributed by atoms with van der Waals surface area (Å²) in [4.78, 5) is 0. The van der Waals surface area contributed by atoms with Gasteiger partial charge in [0.2, 0.25) is 0 Å². The second kappa shape index (κ2) is 5.38. The Morgan fingerprint density at radius 3 is 2.78 bits per heavy atom. The van der Waals surface area contributed by atoms with Gasteiger partial charge in [-0.3, -0.25) is 0 Å². The van der Waals surface area contributed by atoms with Gasteiger partial charge >= 0.3 is 0 Å². The first-order chi connectivity index (χ1) is 4.35. The summed E-state index contributed by atoms with van der Waals surface area (Å²) in [6, 6.07) is 0. The topological polar surface area (TPSA) is 21.3 Å². The van der Waals surface area contributed by atoms with E-state index in [1.54, 1.807) is 13.2 Å². The summed E-state index contributed by atoms with van der Waals surface area (Å²) in [5.74, 6) is 0.810. The zero-order chi connectivity index (χ0) is 7.11. The second-order valence-corrected chi connectivity index (χ2v) is 1.57. The molecule has 0 bridgehead atoms. The van der Waals surface area contributed by atoms with E-state index in [0.29, 0.717) is 0 Å². The molecule has 0 saturated heterocycles. The highest BCUT2D eigenvalue weighted by atomic mass is 16.5. The molecule has 0 aromatic carbocycles. The Kier molecular flexibility index (Phi) is 4.92. The Labute approximate surface area is 56.2 Å². The maximum atomic E-state index is 4.90. The number of nitrogens with one attached hydrogen (secondary N) is 1. The van der Waals surface area contributed by atoms with Crippen molar-refractivity contribution in [1.29, 1.82) is 0 Å². The zero-order valence-electron chi connectivity index (χ0n) is 5.98. The SMILES string of the molecule is C=C/C(=C\CNC)OC. The monoisotopic (exact) mass is 127 g/mol. The Hall–Kier alpha value is -0.760. The van der Waals surface area contributed by atoms with Crippen molar-refractivity contribution in [3.05, 3.63) is 24.5 Å². The largest absolute Gasteiger partial charge is 0.497 e. The van der Waals surface area contributed by atoms with Crippen molar-refractivity contribution in [3.8, 4) is 0 Å². The minimum atomic E-state index is 0.810. The van der Waals surface area contributed by atoms with Crippen LogP contribution in [-0.2, 0) is 4.74 Å². The third kappa shape index (κ3) is 3.79. The molecule has 0 rings (SSSR count). The number of rotatable bonds is 4. The molecule has 0 atom stereocenters. The highest BCUT2D eigenvalue weighted by molar-refractivity contribution is 5.08. The molecule has 52 valence electrons. The second-order valence-electron chi connectivity index (χ2n) is 1.57. The van der Waals surface area contributed by atoms with Gasteiger partial charge in [0, 0.05) is 6.54 Å². The van der Waals surface area contributed by atoms with Crippen LogP contribution in [0, 0.1) is 0 Å². The number of hydrogen-bond acceptors (Lipinski definition) is 2. The summed E-state index contributed by atoms with van der Waals surface area (Å²) in [5.41, 5.74) is 0. The van der Waals surface area contributed by atoms with Gasteiger partial charge in [-0.05, 0) is 19.2 Å². The van der Waals surface area contributed by atoms with Crippen molar-refractivity contribution in [2.45, 2.75) is 0 Å². The molecular weight excluding hydrogens is 114 g/mol. The average molecular weight is 127 g/mol. The number of ether oxygens (including phenoxy) is 1. The lowest BCUT2D eigenvalue weighted by Crippen LogP contribution is -2.05. The van der Waals surface area contributed by atoms with Crippen LogP contribution in [-0.4, -0.2) is 20.7 Å². The van der Waals surface area contributed by atoms with E-state index < -0.39 is 0 Å². The molecular formula is C7H13NO. The summed E-state index contributed by atoms with van der Waals surface area (Å²) in [6.45, 7) is 4.38. The summed E-state index contributed by atoms with van der Waals surface area (Å²) < 4.78 is 4.90. The van der Waals surface area contributed by atoms with Crippen molar-refractivity contribution in [2.75, 3.05) is 20.7 Å². The Morgan fingerprint density at radius 1 is 1.78 bits per heavy atom. The van der Waals surface area contributed by atoms with Gasteiger partial charge in [0.25, 0.3) is 0 Å². The lowest BCUT2D eigenvalue weighted by molar-refractivity contribution is 0.305. The van der Waals surface area contributed by atoms with E-state index in [1.807, 2.05) is 13.1 Å². The van der Waals surface area contributed by atoms with Crippen molar-refractivity contribution in [1.82, 2.24) is 5.32 Å². The molecule has 0 fully saturated rings. The first-order valence-corrected chi connectivity index (χ1v) is 2.86. The number of methoxy groups -OCH3 is 1. The van der Waals surface area contributed by atoms with Crippen LogP contribution in [0.15, 0.2) is 24.5 Å². The molecule has 0 saturated carbocycles. The van der Waals surface area contributed by atoms with Crippen LogP contribution in [0.4, 0.5) is 0 Å². The molecule has 1 N–H and O–H groups in total. The lowest BCUT2D eigenvalue weighted by atomic mass is 10.4. The quantitative estimate of drug-likeness (QED) is 0.448. The predicted octanol–water partition coefficient (Wildman–Crippen LogP) is 0.922. The van der Waals surface area contributed by atoms with Crippen molar-refractivity contribution < 1.29 is 4.74 Å². The summed E-state index contributed by atoms with van der Waals surface area (Å²) in [6.07, 6.45) is 3.60. The van der Waals surface area contributed by atoms with E-state index in [2.05, 4.69) is 11.9 Å². The fourth-order valence-corrected chi connectivity index (χ4v) is 0.453. The fraction of sp³-hybridized carbons (Fsp3) is 0.429. The van der Waals surface area contributed by atoms with Crippen LogP contribution in [0.2, 0.25) is 0 Å². The third-order valence-corrected chi connectivity index (χ3v) is 0.944. The zero-order valence-corrected chi connectivity index (χ0v) is 5.98. The van der Waals surface area contributed by atoms with Crippen LogP contribution >= 0.6 is 0 Å². The van der Waals surface area contributed by atoms with Gasteiger partial charge in [-0.15, -0.1) is 0 Å². The predicted molar refractivity (Wildman–Crippen MR) is 39.2 cm³/mol. The fourth-order valence-electron chi connectivity index (χ4n) is 0.453. The summed E-state index contributed by atoms with van der Waals surface area (Å²) in [7, 11) is 3.51. The van der Waals surface area contributed by atoms with E-state index in [9.17, 15) is 0 Å². The normalized spacial score (nSPS) is 11.1. The van der Waals surface area contributed by atoms with Gasteiger partial charge in [0.1, 0.15) is 5.76 Å². The van der Waals surface area contributed by atoms with Gasteiger partial charge < -0.3 is 10.1 Å². The van der Waals surface area contributed by atoms with Crippen LogP contribution < -0.4 is 5.32 Å². The van der Waals surface area contributed by atoms with Gasteiger partial charge in [-0.1, -0.05) is 6.58 Å². The molecule has 0 aliphatic heterocycles. The molecule has 0 aliphatic carbocycles. The molecule has 9 heavy (non-hydrogen) atoms. The van der Waals surface area contributed by atoms with Gasteiger partial charge in [-0.2, -0.15) is 0 Å². The van der Waals surface area contributed by atoms with E-state index >= 15 is 0 Å². The molecule has 0 heterocycles. The van der Waals surface area contributed by atoms with E-state index in [1.165, 1.54) is 0 Å². The first kappa shape index (κ1) is 8.24. The van der Waals surface area contributed by atoms with E-state index in [-0.39, 0.29) is 0 Å². The number of allylic oxidation sites excluding steroid dienone is 1. The van der Waals surface area contributed by atoms with Gasteiger partial charge in [-0.25, -0.2) is 0 Å². The number of likely N-dealkylation sites (N-methyl/N-ethyl adjacent to an activating group) is 1. The van der Waals surface area contributed by atoms with Gasteiger partial charge in [0.05, 0.1) is 7.11 Å². The molecule has 0 aromatic rings. The molecule has 0 aromatic heterocycles. The van der Waals surface area contributed by atoms with E-state index in [4.69, 9.17) is 4.74 Å². The van der Waals surface area contributed by atoms with Crippen LogP contribution in [0.25, 0.3) is 0 Å². The van der Waals surface area contributed by atoms with Crippen LogP contribution in [0.5, 0.6) is 0 Å². The van der Waals surface area contributed by atoms with E-state index in [0.717, 1.165) is 12.3 Å². The van der Waals surface area contributed by atoms with Crippen molar-refractivity contribution >= 4 is 0 Å². The van der Waals surface area contributed by atoms with Crippen LogP contribution in [0.1, 0.15) is 0 Å². The Morgan fingerprint density at radius 2 is 2.44 bits per heavy atom. The van der Waals surface area contributed by atoms with Gasteiger partial charge in [0.15, 0.2) is 0 Å². The molecule has 0 unspecified atom stereocenters. The molecule has 0 amide bonds. The first-order valence-electron chi connectivity index (χ1n) is 2.86. The minimum Gasteiger partial charge on any atom is -0.497 e. The number of hydrogen-bond donors (Lipinski definition) is 1. The lowest BCUT2D eigenvalue weighted by Gasteiger charge is -1.97. The summed E-state index contributed by atoms with van der Waals surface area (Å²) >= 11 is 0. The molecule has 2 nitrogen and oxygen atoms in total. The average Bonchev–Trinajstić information content (AvgIpc) is 1.91. The molecule has 2 heteroatoms. The standard InChI is InChI=1S/C7H13NO/c1-4-7(9-3)5-6-8-2/h4-5,8H,1,6H2,2-3H3/b7-5+. The Balaban J connectivity index is 3.61. The summed E-state index contributed by atoms with van der Waals surface area (Å²) in [5, 5.41) is 2.96. The highest BCUT2D eigenvalue weighted by Gasteiger charge is 1.82. The smallest absolute Gasteiger partial charge is 0.115 e. The third-order valence-electron chi connectivity index (χ3n) is 0.944. The molecule has 0 aliphatic rings. The highest BCUT2D eigenvalue weighted by Crippen LogP contribution is 1.92. The maximum Gasteiger partial charge on any atom is 0.115 e. The minimum absolute atomic E-state index is 0.810. The van der Waals surface area contributed by atoms with Crippen molar-refractivity contribution in [2.24, 2.45) is 0 Å².